The molecule has 2 aliphatic rings. The molecular weight excluding hydrogens is 438 g/mol. The largest absolute Gasteiger partial charge is 0.381 e. The van der Waals surface area contributed by atoms with Crippen LogP contribution in [-0.2, 0) is 11.2 Å². The van der Waals surface area contributed by atoms with Gasteiger partial charge in [0.1, 0.15) is 5.69 Å². The molecule has 0 amide bonds. The van der Waals surface area contributed by atoms with Crippen molar-refractivity contribution in [2.45, 2.75) is 44.8 Å². The molecule has 1 aromatic carbocycles. The first-order valence-corrected chi connectivity index (χ1v) is 12.7. The Labute approximate surface area is 207 Å². The Bertz CT molecular complexity index is 1180. The second kappa shape index (κ2) is 10.3. The number of piperidine rings is 2. The van der Waals surface area contributed by atoms with Crippen molar-refractivity contribution in [1.82, 2.24) is 9.97 Å². The monoisotopic (exact) mass is 473 g/mol. The highest BCUT2D eigenvalue weighted by molar-refractivity contribution is 5.98. The van der Waals surface area contributed by atoms with Crippen LogP contribution in [0.3, 0.4) is 0 Å². The third-order valence-electron chi connectivity index (χ3n) is 7.36. The number of fused-ring (bicyclic) bond motifs is 1. The number of carbonyl (C=O) groups excluding carboxylic acids is 1. The maximum Gasteiger partial charge on any atom is 0.185 e. The van der Waals surface area contributed by atoms with E-state index in [1.165, 1.54) is 0 Å². The SMILES string of the molecule is COC1CCN(c2ccc3ccc(C(=O)Cc4cnccc4N4C[C@H](C)C[C@H](N)C4)nc3c2)CC1. The number of hydrogen-bond acceptors (Lipinski definition) is 7. The van der Waals surface area contributed by atoms with E-state index in [0.29, 0.717) is 17.7 Å². The third-order valence-corrected chi connectivity index (χ3v) is 7.36. The van der Waals surface area contributed by atoms with Crippen molar-refractivity contribution in [2.24, 2.45) is 11.7 Å². The smallest absolute Gasteiger partial charge is 0.185 e. The number of hydrogen-bond donors (Lipinski definition) is 1. The minimum atomic E-state index is 0.00168. The van der Waals surface area contributed by atoms with Crippen molar-refractivity contribution in [3.8, 4) is 0 Å². The molecule has 7 heteroatoms. The normalized spacial score (nSPS) is 21.5. The number of Topliss-reactive ketones (excluding diaryl/α,β-unsaturated/α-hetero) is 1. The molecule has 2 aliphatic heterocycles. The second-order valence-electron chi connectivity index (χ2n) is 10.1. The van der Waals surface area contributed by atoms with Crippen molar-refractivity contribution in [1.29, 1.82) is 0 Å². The van der Waals surface area contributed by atoms with E-state index in [1.807, 2.05) is 18.2 Å². The van der Waals surface area contributed by atoms with Crippen LogP contribution >= 0.6 is 0 Å². The highest BCUT2D eigenvalue weighted by atomic mass is 16.5. The Kier molecular flexibility index (Phi) is 6.97. The van der Waals surface area contributed by atoms with Crippen molar-refractivity contribution in [2.75, 3.05) is 43.1 Å². The lowest BCUT2D eigenvalue weighted by Gasteiger charge is -2.37. The fraction of sp³-hybridized carbons (Fsp3) is 0.464. The van der Waals surface area contributed by atoms with Gasteiger partial charge in [0.05, 0.1) is 11.6 Å². The minimum Gasteiger partial charge on any atom is -0.381 e. The quantitative estimate of drug-likeness (QED) is 0.545. The van der Waals surface area contributed by atoms with Gasteiger partial charge >= 0.3 is 0 Å². The first kappa shape index (κ1) is 23.7. The summed E-state index contributed by atoms with van der Waals surface area (Å²) in [6, 6.07) is 12.3. The lowest BCUT2D eigenvalue weighted by Crippen LogP contribution is -2.46. The Morgan fingerprint density at radius 1 is 1.11 bits per heavy atom. The summed E-state index contributed by atoms with van der Waals surface area (Å²) in [4.78, 5) is 27.1. The molecule has 2 aromatic heterocycles. The Morgan fingerprint density at radius 2 is 1.91 bits per heavy atom. The fourth-order valence-corrected chi connectivity index (χ4v) is 5.53. The molecule has 184 valence electrons. The average Bonchev–Trinajstić information content (AvgIpc) is 2.88. The number of rotatable bonds is 6. The van der Waals surface area contributed by atoms with E-state index in [4.69, 9.17) is 15.5 Å². The molecule has 0 aliphatic carbocycles. The number of anilines is 2. The van der Waals surface area contributed by atoms with Gasteiger partial charge in [-0.25, -0.2) is 4.98 Å². The topological polar surface area (TPSA) is 84.6 Å². The van der Waals surface area contributed by atoms with Crippen LogP contribution in [0.1, 0.15) is 42.2 Å². The van der Waals surface area contributed by atoms with Crippen LogP contribution in [0.25, 0.3) is 10.9 Å². The van der Waals surface area contributed by atoms with Crippen molar-refractivity contribution in [3.63, 3.8) is 0 Å². The summed E-state index contributed by atoms with van der Waals surface area (Å²) in [6.07, 6.45) is 7.29. The van der Waals surface area contributed by atoms with Gasteiger partial charge in [0.15, 0.2) is 5.78 Å². The lowest BCUT2D eigenvalue weighted by atomic mass is 9.95. The molecule has 0 bridgehead atoms. The molecule has 0 spiro atoms. The highest BCUT2D eigenvalue weighted by Gasteiger charge is 2.25. The van der Waals surface area contributed by atoms with Gasteiger partial charge in [-0.1, -0.05) is 19.1 Å². The van der Waals surface area contributed by atoms with E-state index < -0.39 is 0 Å². The number of benzene rings is 1. The van der Waals surface area contributed by atoms with Crippen LogP contribution in [0, 0.1) is 5.92 Å². The lowest BCUT2D eigenvalue weighted by molar-refractivity contribution is 0.0819. The number of ether oxygens (including phenoxy) is 1. The van der Waals surface area contributed by atoms with Crippen LogP contribution in [-0.4, -0.2) is 61.2 Å². The van der Waals surface area contributed by atoms with Crippen LogP contribution in [0.2, 0.25) is 0 Å². The number of carbonyl (C=O) groups is 1. The zero-order chi connectivity index (χ0) is 24.4. The van der Waals surface area contributed by atoms with E-state index in [2.05, 4.69) is 39.9 Å². The van der Waals surface area contributed by atoms with Crippen molar-refractivity contribution >= 4 is 28.1 Å². The van der Waals surface area contributed by atoms with Gasteiger partial charge in [-0.2, -0.15) is 0 Å². The Hall–Kier alpha value is -3.03. The Morgan fingerprint density at radius 3 is 2.69 bits per heavy atom. The molecule has 0 saturated carbocycles. The van der Waals surface area contributed by atoms with Gasteiger partial charge in [0, 0.05) is 80.5 Å². The van der Waals surface area contributed by atoms with E-state index >= 15 is 0 Å². The molecule has 0 radical (unpaired) electrons. The van der Waals surface area contributed by atoms with Crippen LogP contribution in [0.4, 0.5) is 11.4 Å². The molecule has 2 saturated heterocycles. The highest BCUT2D eigenvalue weighted by Crippen LogP contribution is 2.28. The molecule has 5 rings (SSSR count). The molecule has 35 heavy (non-hydrogen) atoms. The fourth-order valence-electron chi connectivity index (χ4n) is 5.53. The molecule has 2 N–H and O–H groups in total. The zero-order valence-electron chi connectivity index (χ0n) is 20.7. The molecular formula is C28H35N5O2. The van der Waals surface area contributed by atoms with E-state index in [1.54, 1.807) is 19.5 Å². The summed E-state index contributed by atoms with van der Waals surface area (Å²) in [5.74, 6) is 0.522. The molecule has 3 aromatic rings. The van der Waals surface area contributed by atoms with E-state index in [-0.39, 0.29) is 18.2 Å². The first-order chi connectivity index (χ1) is 17.0. The summed E-state index contributed by atoms with van der Waals surface area (Å²) >= 11 is 0. The van der Waals surface area contributed by atoms with Gasteiger partial charge in [-0.05, 0) is 49.4 Å². The summed E-state index contributed by atoms with van der Waals surface area (Å²) < 4.78 is 5.50. The van der Waals surface area contributed by atoms with Crippen LogP contribution < -0.4 is 15.5 Å². The number of methoxy groups -OCH3 is 1. The van der Waals surface area contributed by atoms with Gasteiger partial charge < -0.3 is 20.3 Å². The average molecular weight is 474 g/mol. The third kappa shape index (κ3) is 5.31. The predicted octanol–water partition coefficient (Wildman–Crippen LogP) is 3.84. The second-order valence-corrected chi connectivity index (χ2v) is 10.1. The van der Waals surface area contributed by atoms with Crippen molar-refractivity contribution < 1.29 is 9.53 Å². The standard InChI is InChI=1S/C28H35N5O2/c1-19-13-22(29)18-33(17-19)27-7-10-30-16-21(27)14-28(34)25-6-4-20-3-5-23(15-26(20)31-25)32-11-8-24(35-2)9-12-32/h3-7,10,15-16,19,22,24H,8-9,11-14,17-18,29H2,1-2H3/t19-,22+/m1/s1. The van der Waals surface area contributed by atoms with E-state index in [9.17, 15) is 4.79 Å². The maximum absolute atomic E-state index is 13.3. The number of nitrogens with zero attached hydrogens (tertiary/aromatic N) is 4. The molecule has 4 heterocycles. The minimum absolute atomic E-state index is 0.00168. The molecule has 0 unspecified atom stereocenters. The van der Waals surface area contributed by atoms with Gasteiger partial charge in [-0.15, -0.1) is 0 Å². The molecule has 2 fully saturated rings. The van der Waals surface area contributed by atoms with E-state index in [0.717, 1.165) is 73.3 Å². The molecule has 7 nitrogen and oxygen atoms in total. The Balaban J connectivity index is 1.35. The number of nitrogens with two attached hydrogens (primary N) is 1. The number of aromatic nitrogens is 2. The van der Waals surface area contributed by atoms with Crippen LogP contribution in [0.15, 0.2) is 48.8 Å². The predicted molar refractivity (Wildman–Crippen MR) is 140 cm³/mol. The van der Waals surface area contributed by atoms with Gasteiger partial charge in [0.2, 0.25) is 0 Å². The molecule has 2 atom stereocenters. The van der Waals surface area contributed by atoms with Gasteiger partial charge in [0.25, 0.3) is 0 Å². The van der Waals surface area contributed by atoms with Gasteiger partial charge in [-0.3, -0.25) is 9.78 Å². The summed E-state index contributed by atoms with van der Waals surface area (Å²) in [5.41, 5.74) is 10.8. The maximum atomic E-state index is 13.3. The first-order valence-electron chi connectivity index (χ1n) is 12.7. The summed E-state index contributed by atoms with van der Waals surface area (Å²) in [6.45, 7) is 5.90. The summed E-state index contributed by atoms with van der Waals surface area (Å²) in [7, 11) is 1.79. The number of pyridine rings is 2. The number of ketones is 1. The summed E-state index contributed by atoms with van der Waals surface area (Å²) in [5, 5.41) is 1.04. The van der Waals surface area contributed by atoms with Crippen LogP contribution in [0.5, 0.6) is 0 Å². The zero-order valence-corrected chi connectivity index (χ0v) is 20.7. The van der Waals surface area contributed by atoms with Crippen molar-refractivity contribution in [3.05, 3.63) is 60.0 Å².